The summed E-state index contributed by atoms with van der Waals surface area (Å²) in [7, 11) is -3.51. The molecule has 2 aromatic carbocycles. The molecule has 0 bridgehead atoms. The topological polar surface area (TPSA) is 46.2 Å². The van der Waals surface area contributed by atoms with E-state index in [9.17, 15) is 8.42 Å². The molecule has 1 atom stereocenters. The SMILES string of the molecule is Cc1ccccc1[C@H](C)NS(=O)(=O)c1ccc(CBr)cc1. The molecule has 3 nitrogen and oxygen atoms in total. The van der Waals surface area contributed by atoms with Crippen molar-refractivity contribution in [2.75, 3.05) is 0 Å². The zero-order chi connectivity index (χ0) is 15.5. The lowest BCUT2D eigenvalue weighted by Crippen LogP contribution is -2.27. The highest BCUT2D eigenvalue weighted by Gasteiger charge is 2.19. The van der Waals surface area contributed by atoms with Crippen molar-refractivity contribution in [2.24, 2.45) is 0 Å². The van der Waals surface area contributed by atoms with Gasteiger partial charge in [0.1, 0.15) is 0 Å². The maximum absolute atomic E-state index is 12.4. The number of hydrogen-bond acceptors (Lipinski definition) is 2. The molecule has 2 rings (SSSR count). The molecule has 0 saturated heterocycles. The van der Waals surface area contributed by atoms with Gasteiger partial charge in [0.2, 0.25) is 10.0 Å². The molecule has 0 saturated carbocycles. The van der Waals surface area contributed by atoms with Gasteiger partial charge in [-0.3, -0.25) is 0 Å². The molecule has 112 valence electrons. The third-order valence-corrected chi connectivity index (χ3v) is 5.58. The van der Waals surface area contributed by atoms with Gasteiger partial charge in [-0.2, -0.15) is 0 Å². The van der Waals surface area contributed by atoms with Crippen molar-refractivity contribution in [3.8, 4) is 0 Å². The summed E-state index contributed by atoms with van der Waals surface area (Å²) in [6.07, 6.45) is 0. The summed E-state index contributed by atoms with van der Waals surface area (Å²) in [6.45, 7) is 3.83. The predicted molar refractivity (Wildman–Crippen MR) is 89.0 cm³/mol. The van der Waals surface area contributed by atoms with Crippen LogP contribution in [0.5, 0.6) is 0 Å². The average Bonchev–Trinajstić information content (AvgIpc) is 2.47. The van der Waals surface area contributed by atoms with Crippen LogP contribution in [-0.4, -0.2) is 8.42 Å². The lowest BCUT2D eigenvalue weighted by molar-refractivity contribution is 0.566. The van der Waals surface area contributed by atoms with Gasteiger partial charge in [0.05, 0.1) is 4.90 Å². The van der Waals surface area contributed by atoms with Crippen LogP contribution in [0.1, 0.15) is 29.7 Å². The summed E-state index contributed by atoms with van der Waals surface area (Å²) in [5.74, 6) is 0. The van der Waals surface area contributed by atoms with Crippen molar-refractivity contribution in [3.05, 3.63) is 65.2 Å². The van der Waals surface area contributed by atoms with E-state index in [0.717, 1.165) is 16.7 Å². The third-order valence-electron chi connectivity index (χ3n) is 3.37. The maximum atomic E-state index is 12.4. The van der Waals surface area contributed by atoms with Crippen molar-refractivity contribution >= 4 is 26.0 Å². The van der Waals surface area contributed by atoms with Crippen molar-refractivity contribution < 1.29 is 8.42 Å². The molecular weight excluding hydrogens is 350 g/mol. The number of nitrogens with one attached hydrogen (secondary N) is 1. The first-order valence-corrected chi connectivity index (χ1v) is 9.27. The first kappa shape index (κ1) is 16.2. The molecule has 0 spiro atoms. The summed E-state index contributed by atoms with van der Waals surface area (Å²) in [4.78, 5) is 0.285. The fraction of sp³-hybridized carbons (Fsp3) is 0.250. The summed E-state index contributed by atoms with van der Waals surface area (Å²) >= 11 is 3.35. The number of hydrogen-bond donors (Lipinski definition) is 1. The number of rotatable bonds is 5. The smallest absolute Gasteiger partial charge is 0.207 e. The van der Waals surface area contributed by atoms with Crippen molar-refractivity contribution in [2.45, 2.75) is 30.1 Å². The van der Waals surface area contributed by atoms with Crippen LogP contribution in [0.3, 0.4) is 0 Å². The second-order valence-corrected chi connectivity index (χ2v) is 7.25. The van der Waals surface area contributed by atoms with Crippen LogP contribution in [0.2, 0.25) is 0 Å². The number of alkyl halides is 1. The Morgan fingerprint density at radius 3 is 2.29 bits per heavy atom. The van der Waals surface area contributed by atoms with E-state index in [1.165, 1.54) is 0 Å². The molecule has 5 heteroatoms. The van der Waals surface area contributed by atoms with Gasteiger partial charge in [-0.1, -0.05) is 52.3 Å². The van der Waals surface area contributed by atoms with Crippen LogP contribution in [0.4, 0.5) is 0 Å². The number of aryl methyl sites for hydroxylation is 1. The largest absolute Gasteiger partial charge is 0.241 e. The van der Waals surface area contributed by atoms with Gasteiger partial charge in [0.15, 0.2) is 0 Å². The first-order valence-electron chi connectivity index (χ1n) is 6.67. The van der Waals surface area contributed by atoms with Crippen molar-refractivity contribution in [3.63, 3.8) is 0 Å². The molecule has 0 amide bonds. The molecule has 0 fully saturated rings. The van der Waals surface area contributed by atoms with Gasteiger partial charge in [0.25, 0.3) is 0 Å². The van der Waals surface area contributed by atoms with Crippen LogP contribution in [-0.2, 0) is 15.4 Å². The van der Waals surface area contributed by atoms with E-state index in [-0.39, 0.29) is 10.9 Å². The predicted octanol–water partition coefficient (Wildman–Crippen LogP) is 3.93. The minimum absolute atomic E-state index is 0.271. The highest BCUT2D eigenvalue weighted by atomic mass is 79.9. The fourth-order valence-corrected chi connectivity index (χ4v) is 3.79. The van der Waals surface area contributed by atoms with Crippen LogP contribution in [0, 0.1) is 6.92 Å². The van der Waals surface area contributed by atoms with E-state index in [1.54, 1.807) is 12.1 Å². The second kappa shape index (κ2) is 6.73. The molecule has 0 aliphatic heterocycles. The number of benzene rings is 2. The Kier molecular flexibility index (Phi) is 5.19. The van der Waals surface area contributed by atoms with Gasteiger partial charge in [-0.05, 0) is 42.7 Å². The summed E-state index contributed by atoms with van der Waals surface area (Å²) < 4.78 is 27.5. The Balaban J connectivity index is 2.22. The standard InChI is InChI=1S/C16H18BrNO2S/c1-12-5-3-4-6-16(12)13(2)18-21(19,20)15-9-7-14(11-17)8-10-15/h3-10,13,18H,11H2,1-2H3/t13-/m0/s1. The molecule has 0 aliphatic carbocycles. The zero-order valence-electron chi connectivity index (χ0n) is 12.0. The van der Waals surface area contributed by atoms with Gasteiger partial charge < -0.3 is 0 Å². The average molecular weight is 368 g/mol. The number of sulfonamides is 1. The molecule has 2 aromatic rings. The van der Waals surface area contributed by atoms with Crippen LogP contribution in [0.25, 0.3) is 0 Å². The highest BCUT2D eigenvalue weighted by molar-refractivity contribution is 9.08. The van der Waals surface area contributed by atoms with Gasteiger partial charge in [-0.25, -0.2) is 13.1 Å². The van der Waals surface area contributed by atoms with E-state index in [4.69, 9.17) is 0 Å². The van der Waals surface area contributed by atoms with Gasteiger partial charge >= 0.3 is 0 Å². The molecule has 0 aliphatic rings. The van der Waals surface area contributed by atoms with E-state index < -0.39 is 10.0 Å². The highest BCUT2D eigenvalue weighted by Crippen LogP contribution is 2.20. The normalized spacial score (nSPS) is 13.1. The molecule has 0 radical (unpaired) electrons. The van der Waals surface area contributed by atoms with E-state index in [0.29, 0.717) is 5.33 Å². The molecule has 0 unspecified atom stereocenters. The Bertz CT molecular complexity index is 711. The molecule has 0 aromatic heterocycles. The lowest BCUT2D eigenvalue weighted by atomic mass is 10.0. The maximum Gasteiger partial charge on any atom is 0.241 e. The van der Waals surface area contributed by atoms with Crippen LogP contribution in [0.15, 0.2) is 53.4 Å². The van der Waals surface area contributed by atoms with Crippen molar-refractivity contribution in [1.29, 1.82) is 0 Å². The quantitative estimate of drug-likeness (QED) is 0.813. The van der Waals surface area contributed by atoms with Gasteiger partial charge in [-0.15, -0.1) is 0 Å². The Labute approximate surface area is 134 Å². The van der Waals surface area contributed by atoms with E-state index in [1.807, 2.05) is 50.2 Å². The van der Waals surface area contributed by atoms with Crippen molar-refractivity contribution in [1.82, 2.24) is 4.72 Å². The third kappa shape index (κ3) is 3.93. The summed E-state index contributed by atoms with van der Waals surface area (Å²) in [5.41, 5.74) is 3.10. The molecule has 21 heavy (non-hydrogen) atoms. The molecule has 1 N–H and O–H groups in total. The summed E-state index contributed by atoms with van der Waals surface area (Å²) in [5, 5.41) is 0.709. The molecule has 0 heterocycles. The molecular formula is C16H18BrNO2S. The lowest BCUT2D eigenvalue weighted by Gasteiger charge is -2.16. The first-order chi connectivity index (χ1) is 9.94. The van der Waals surface area contributed by atoms with E-state index in [2.05, 4.69) is 20.7 Å². The summed E-state index contributed by atoms with van der Waals surface area (Å²) in [6, 6.07) is 14.4. The van der Waals surface area contributed by atoms with Crippen LogP contribution >= 0.6 is 15.9 Å². The van der Waals surface area contributed by atoms with Gasteiger partial charge in [0, 0.05) is 11.4 Å². The Morgan fingerprint density at radius 1 is 1.10 bits per heavy atom. The minimum atomic E-state index is -3.51. The van der Waals surface area contributed by atoms with Crippen LogP contribution < -0.4 is 4.72 Å². The Morgan fingerprint density at radius 2 is 1.71 bits per heavy atom. The monoisotopic (exact) mass is 367 g/mol. The zero-order valence-corrected chi connectivity index (χ0v) is 14.4. The minimum Gasteiger partial charge on any atom is -0.207 e. The Hall–Kier alpha value is -1.17. The fourth-order valence-electron chi connectivity index (χ4n) is 2.19. The second-order valence-electron chi connectivity index (χ2n) is 4.98. The number of halogens is 1. The van der Waals surface area contributed by atoms with E-state index >= 15 is 0 Å².